The first-order chi connectivity index (χ1) is 13.8. The zero-order valence-corrected chi connectivity index (χ0v) is 15.9. The molecule has 3 heterocycles. The normalized spacial score (nSPS) is 11.3. The number of benzene rings is 1. The summed E-state index contributed by atoms with van der Waals surface area (Å²) in [6.07, 6.45) is 3.09. The summed E-state index contributed by atoms with van der Waals surface area (Å²) >= 11 is 1.37. The lowest BCUT2D eigenvalue weighted by Crippen LogP contribution is -1.92. The molecule has 0 bridgehead atoms. The minimum atomic E-state index is 0.0933. The van der Waals surface area contributed by atoms with Gasteiger partial charge < -0.3 is 9.84 Å². The van der Waals surface area contributed by atoms with Gasteiger partial charge >= 0.3 is 0 Å². The Morgan fingerprint density at radius 1 is 1.07 bits per heavy atom. The molecule has 1 aromatic carbocycles. The van der Waals surface area contributed by atoms with Gasteiger partial charge in [0.25, 0.3) is 0 Å². The molecule has 3 aromatic heterocycles. The fourth-order valence-electron chi connectivity index (χ4n) is 2.74. The van der Waals surface area contributed by atoms with Crippen molar-refractivity contribution in [2.75, 3.05) is 6.61 Å². The van der Waals surface area contributed by atoms with Crippen LogP contribution in [0.3, 0.4) is 0 Å². The van der Waals surface area contributed by atoms with Gasteiger partial charge in [-0.2, -0.15) is 5.11 Å². The van der Waals surface area contributed by atoms with Gasteiger partial charge in [0, 0.05) is 11.8 Å². The van der Waals surface area contributed by atoms with Gasteiger partial charge in [-0.1, -0.05) is 18.2 Å². The van der Waals surface area contributed by atoms with Crippen LogP contribution in [0.5, 0.6) is 11.5 Å². The van der Waals surface area contributed by atoms with Crippen molar-refractivity contribution in [3.8, 4) is 21.9 Å². The van der Waals surface area contributed by atoms with Gasteiger partial charge in [-0.3, -0.25) is 4.98 Å². The van der Waals surface area contributed by atoms with Crippen LogP contribution < -0.4 is 4.74 Å². The van der Waals surface area contributed by atoms with E-state index < -0.39 is 0 Å². The first kappa shape index (κ1) is 18.0. The predicted octanol–water partition coefficient (Wildman–Crippen LogP) is 5.14. The van der Waals surface area contributed by atoms with Crippen LogP contribution in [0.1, 0.15) is 12.6 Å². The molecule has 0 unspecified atom stereocenters. The third-order valence-electron chi connectivity index (χ3n) is 3.98. The molecular weight excluding hydrogens is 374 g/mol. The maximum Gasteiger partial charge on any atom is 0.195 e. The number of para-hydroxylation sites is 1. The van der Waals surface area contributed by atoms with E-state index in [-0.39, 0.29) is 5.75 Å². The Kier molecular flexibility index (Phi) is 5.20. The average molecular weight is 391 g/mol. The fraction of sp³-hybridized carbons (Fsp3) is 0.150. The second kappa shape index (κ2) is 8.10. The largest absolute Gasteiger partial charge is 0.504 e. The lowest BCUT2D eigenvalue weighted by Gasteiger charge is -2.08. The van der Waals surface area contributed by atoms with E-state index in [0.29, 0.717) is 39.8 Å². The highest BCUT2D eigenvalue weighted by molar-refractivity contribution is 7.23. The zero-order chi connectivity index (χ0) is 19.3. The molecule has 0 fully saturated rings. The Balaban J connectivity index is 1.72. The molecule has 0 aliphatic carbocycles. The van der Waals surface area contributed by atoms with E-state index >= 15 is 0 Å². The molecule has 28 heavy (non-hydrogen) atoms. The van der Waals surface area contributed by atoms with E-state index in [1.807, 2.05) is 49.4 Å². The number of aromatic nitrogens is 3. The Labute approximate surface area is 165 Å². The summed E-state index contributed by atoms with van der Waals surface area (Å²) in [5.41, 5.74) is 2.08. The smallest absolute Gasteiger partial charge is 0.195 e. The van der Waals surface area contributed by atoms with Crippen LogP contribution in [0.2, 0.25) is 0 Å². The highest BCUT2D eigenvalue weighted by Gasteiger charge is 2.20. The lowest BCUT2D eigenvalue weighted by molar-refractivity contribution is 0.341. The number of hydrogen-bond donors (Lipinski definition) is 1. The van der Waals surface area contributed by atoms with Crippen molar-refractivity contribution < 1.29 is 9.84 Å². The molecule has 1 N–H and O–H groups in total. The number of rotatable bonds is 6. The molecule has 140 valence electrons. The summed E-state index contributed by atoms with van der Waals surface area (Å²) in [6.45, 7) is 2.81. The summed E-state index contributed by atoms with van der Waals surface area (Å²) in [6, 6.07) is 13.2. The number of aromatic hydroxyl groups is 1. The molecular formula is C20H17N5O2S. The number of fused-ring (bicyclic) bond motifs is 1. The summed E-state index contributed by atoms with van der Waals surface area (Å²) in [5, 5.41) is 19.2. The van der Waals surface area contributed by atoms with Gasteiger partial charge in [0.05, 0.1) is 17.2 Å². The Bertz CT molecular complexity index is 1130. The molecule has 4 rings (SSSR count). The number of hydrogen-bond acceptors (Lipinski definition) is 8. The number of thiophene rings is 1. The maximum absolute atomic E-state index is 10.7. The highest BCUT2D eigenvalue weighted by Crippen LogP contribution is 2.47. The summed E-state index contributed by atoms with van der Waals surface area (Å²) in [4.78, 5) is 13.3. The second-order valence-corrected chi connectivity index (χ2v) is 6.83. The summed E-state index contributed by atoms with van der Waals surface area (Å²) < 4.78 is 6.37. The van der Waals surface area contributed by atoms with Crippen LogP contribution in [0.25, 0.3) is 20.7 Å². The quantitative estimate of drug-likeness (QED) is 0.459. The third-order valence-corrected chi connectivity index (χ3v) is 5.18. The van der Waals surface area contributed by atoms with Crippen LogP contribution >= 0.6 is 11.3 Å². The van der Waals surface area contributed by atoms with E-state index in [0.717, 1.165) is 11.3 Å². The van der Waals surface area contributed by atoms with Crippen molar-refractivity contribution >= 4 is 27.4 Å². The lowest BCUT2D eigenvalue weighted by atomic mass is 10.1. The van der Waals surface area contributed by atoms with Gasteiger partial charge in [-0.15, -0.1) is 16.5 Å². The van der Waals surface area contributed by atoms with Crippen LogP contribution in [0.15, 0.2) is 65.2 Å². The van der Waals surface area contributed by atoms with Gasteiger partial charge in [0.2, 0.25) is 0 Å². The van der Waals surface area contributed by atoms with Crippen molar-refractivity contribution in [3.05, 3.63) is 60.7 Å². The molecule has 0 atom stereocenters. The van der Waals surface area contributed by atoms with E-state index in [4.69, 9.17) is 4.74 Å². The van der Waals surface area contributed by atoms with Crippen molar-refractivity contribution in [3.63, 3.8) is 0 Å². The van der Waals surface area contributed by atoms with E-state index in [1.165, 1.54) is 17.7 Å². The number of pyridine rings is 1. The van der Waals surface area contributed by atoms with Gasteiger partial charge in [0.1, 0.15) is 28.8 Å². The van der Waals surface area contributed by atoms with Crippen LogP contribution in [0.4, 0.5) is 5.82 Å². The van der Waals surface area contributed by atoms with Crippen molar-refractivity contribution in [1.82, 2.24) is 15.0 Å². The van der Waals surface area contributed by atoms with Crippen LogP contribution in [-0.2, 0) is 6.54 Å². The fourth-order valence-corrected chi connectivity index (χ4v) is 3.85. The molecule has 0 amide bonds. The van der Waals surface area contributed by atoms with Crippen LogP contribution in [-0.4, -0.2) is 26.7 Å². The Hall–Kier alpha value is -3.39. The summed E-state index contributed by atoms with van der Waals surface area (Å²) in [7, 11) is 0. The number of nitrogens with zero attached hydrogens (tertiary/aromatic N) is 5. The zero-order valence-electron chi connectivity index (χ0n) is 15.1. The average Bonchev–Trinajstić information content (AvgIpc) is 3.07. The number of azo groups is 1. The first-order valence-corrected chi connectivity index (χ1v) is 9.55. The van der Waals surface area contributed by atoms with E-state index in [2.05, 4.69) is 25.2 Å². The predicted molar refractivity (Wildman–Crippen MR) is 108 cm³/mol. The Morgan fingerprint density at radius 2 is 1.93 bits per heavy atom. The van der Waals surface area contributed by atoms with Gasteiger partial charge in [0.15, 0.2) is 11.6 Å². The van der Waals surface area contributed by atoms with E-state index in [1.54, 1.807) is 6.20 Å². The third kappa shape index (κ3) is 3.54. The second-order valence-electron chi connectivity index (χ2n) is 5.80. The van der Waals surface area contributed by atoms with Crippen molar-refractivity contribution in [2.45, 2.75) is 13.5 Å². The molecule has 0 saturated heterocycles. The SMILES string of the molecule is CCOc1ccccc1-c1sc2c(N=NCc3ccccn3)ncnc2c1O. The van der Waals surface area contributed by atoms with Gasteiger partial charge in [-0.25, -0.2) is 9.97 Å². The van der Waals surface area contributed by atoms with Gasteiger partial charge in [-0.05, 0) is 31.2 Å². The number of ether oxygens (including phenoxy) is 1. The molecule has 8 heteroatoms. The molecule has 0 saturated carbocycles. The molecule has 0 aliphatic rings. The first-order valence-electron chi connectivity index (χ1n) is 8.74. The van der Waals surface area contributed by atoms with Crippen molar-refractivity contribution in [1.29, 1.82) is 0 Å². The monoisotopic (exact) mass is 391 g/mol. The molecule has 7 nitrogen and oxygen atoms in total. The Morgan fingerprint density at radius 3 is 2.75 bits per heavy atom. The van der Waals surface area contributed by atoms with Crippen LogP contribution in [0, 0.1) is 0 Å². The molecule has 0 radical (unpaired) electrons. The minimum Gasteiger partial charge on any atom is -0.504 e. The standard InChI is InChI=1S/C20H17N5O2S/c1-2-27-15-9-4-3-8-14(15)18-17(26)16-19(28-18)20(23-12-22-16)25-24-11-13-7-5-6-10-21-13/h3-10,12,26H,2,11H2,1H3. The maximum atomic E-state index is 10.7. The van der Waals surface area contributed by atoms with Crippen molar-refractivity contribution in [2.24, 2.45) is 10.2 Å². The molecule has 4 aromatic rings. The summed E-state index contributed by atoms with van der Waals surface area (Å²) in [5.74, 6) is 1.22. The highest BCUT2D eigenvalue weighted by atomic mass is 32.1. The molecule has 0 aliphatic heterocycles. The van der Waals surface area contributed by atoms with E-state index in [9.17, 15) is 5.11 Å². The minimum absolute atomic E-state index is 0.0933. The topological polar surface area (TPSA) is 92.9 Å². The molecule has 0 spiro atoms.